The Kier molecular flexibility index (Phi) is 5.04. The number of fused-ring (bicyclic) bond motifs is 1. The molecule has 0 radical (unpaired) electrons. The van der Waals surface area contributed by atoms with Gasteiger partial charge in [-0.1, -0.05) is 41.6 Å². The van der Waals surface area contributed by atoms with Gasteiger partial charge in [0.25, 0.3) is 5.56 Å². The van der Waals surface area contributed by atoms with Gasteiger partial charge in [-0.15, -0.1) is 11.3 Å². The Bertz CT molecular complexity index is 1200. The molecule has 4 aromatic rings. The van der Waals surface area contributed by atoms with Crippen LogP contribution in [0.3, 0.4) is 0 Å². The lowest BCUT2D eigenvalue weighted by Crippen LogP contribution is -2.22. The number of thioether (sulfide) groups is 1. The molecule has 0 aliphatic heterocycles. The van der Waals surface area contributed by atoms with Gasteiger partial charge in [0.1, 0.15) is 0 Å². The Morgan fingerprint density at radius 3 is 2.70 bits per heavy atom. The maximum absolute atomic E-state index is 13.3. The van der Waals surface area contributed by atoms with Gasteiger partial charge in [0.05, 0.1) is 27.3 Å². The quantitative estimate of drug-likeness (QED) is 0.331. The smallest absolute Gasteiger partial charge is 0.266 e. The molecule has 0 N–H and O–H groups in total. The highest BCUT2D eigenvalue weighted by molar-refractivity contribution is 7.98. The third-order valence-corrected chi connectivity index (χ3v) is 6.20. The van der Waals surface area contributed by atoms with Crippen LogP contribution < -0.4 is 5.56 Å². The Hall–Kier alpha value is -2.15. The fraction of sp³-hybridized carbons (Fsp3) is 0.150. The predicted molar refractivity (Wildman–Crippen MR) is 113 cm³/mol. The molecule has 4 rings (SSSR count). The van der Waals surface area contributed by atoms with Gasteiger partial charge in [-0.25, -0.2) is 9.97 Å². The number of halogens is 1. The third-order valence-electron chi connectivity index (χ3n) is 4.17. The number of benzene rings is 2. The minimum Gasteiger partial charge on any atom is -0.268 e. The van der Waals surface area contributed by atoms with Gasteiger partial charge in [-0.05, 0) is 43.7 Å². The van der Waals surface area contributed by atoms with Crippen molar-refractivity contribution in [2.75, 3.05) is 0 Å². The summed E-state index contributed by atoms with van der Waals surface area (Å²) in [5.41, 5.74) is 3.35. The first kappa shape index (κ1) is 18.2. The molecule has 0 saturated heterocycles. The maximum Gasteiger partial charge on any atom is 0.266 e. The van der Waals surface area contributed by atoms with E-state index in [4.69, 9.17) is 16.6 Å². The summed E-state index contributed by atoms with van der Waals surface area (Å²) in [7, 11) is 0. The molecule has 0 unspecified atom stereocenters. The maximum atomic E-state index is 13.3. The number of hydrogen-bond acceptors (Lipinski definition) is 5. The summed E-state index contributed by atoms with van der Waals surface area (Å²) in [5, 5.41) is 4.82. The van der Waals surface area contributed by atoms with Gasteiger partial charge in [-0.3, -0.25) is 9.36 Å². The van der Waals surface area contributed by atoms with E-state index in [1.165, 1.54) is 11.8 Å². The van der Waals surface area contributed by atoms with Gasteiger partial charge < -0.3 is 0 Å². The highest BCUT2D eigenvalue weighted by Gasteiger charge is 2.15. The molecular formula is C20H16ClN3OS2. The van der Waals surface area contributed by atoms with Crippen molar-refractivity contribution in [3.63, 3.8) is 0 Å². The Morgan fingerprint density at radius 1 is 1.15 bits per heavy atom. The highest BCUT2D eigenvalue weighted by Crippen LogP contribution is 2.27. The van der Waals surface area contributed by atoms with Crippen LogP contribution >= 0.6 is 34.7 Å². The van der Waals surface area contributed by atoms with E-state index in [2.05, 4.69) is 4.98 Å². The topological polar surface area (TPSA) is 47.8 Å². The first-order valence-corrected chi connectivity index (χ1v) is 10.6. The van der Waals surface area contributed by atoms with E-state index in [9.17, 15) is 4.79 Å². The average Bonchev–Trinajstić information content (AvgIpc) is 3.06. The van der Waals surface area contributed by atoms with E-state index in [-0.39, 0.29) is 5.56 Å². The molecule has 136 valence electrons. The lowest BCUT2D eigenvalue weighted by Gasteiger charge is -2.15. The zero-order chi connectivity index (χ0) is 19.0. The van der Waals surface area contributed by atoms with Crippen molar-refractivity contribution in [3.05, 3.63) is 79.5 Å². The summed E-state index contributed by atoms with van der Waals surface area (Å²) >= 11 is 9.24. The number of rotatable bonds is 4. The molecule has 0 spiro atoms. The van der Waals surface area contributed by atoms with Crippen LogP contribution in [0.25, 0.3) is 16.6 Å². The summed E-state index contributed by atoms with van der Waals surface area (Å²) in [6, 6.07) is 13.0. The molecule has 27 heavy (non-hydrogen) atoms. The molecule has 0 amide bonds. The molecule has 0 atom stereocenters. The first-order chi connectivity index (χ1) is 13.0. The monoisotopic (exact) mass is 413 g/mol. The molecule has 0 aliphatic carbocycles. The molecule has 0 saturated carbocycles. The number of nitrogens with zero attached hydrogens (tertiary/aromatic N) is 3. The summed E-state index contributed by atoms with van der Waals surface area (Å²) in [6.07, 6.45) is 0. The van der Waals surface area contributed by atoms with Crippen LogP contribution in [0.1, 0.15) is 16.3 Å². The Labute approximate surface area is 169 Å². The molecule has 4 nitrogen and oxygen atoms in total. The summed E-state index contributed by atoms with van der Waals surface area (Å²) in [4.78, 5) is 22.5. The third kappa shape index (κ3) is 3.65. The molecular weight excluding hydrogens is 398 g/mol. The number of para-hydroxylation sites is 1. The number of hydrogen-bond donors (Lipinski definition) is 0. The van der Waals surface area contributed by atoms with E-state index < -0.39 is 0 Å². The SMILES string of the molecule is Cc1nc(CSc2nc3cc(Cl)ccc3c(=O)n2-c2ccccc2C)cs1. The lowest BCUT2D eigenvalue weighted by atomic mass is 10.2. The molecule has 7 heteroatoms. The summed E-state index contributed by atoms with van der Waals surface area (Å²) < 4.78 is 1.69. The van der Waals surface area contributed by atoms with Gasteiger partial charge >= 0.3 is 0 Å². The predicted octanol–water partition coefficient (Wildman–Crippen LogP) is 5.40. The normalized spacial score (nSPS) is 11.2. The number of aromatic nitrogens is 3. The zero-order valence-electron chi connectivity index (χ0n) is 14.8. The minimum atomic E-state index is -0.0945. The molecule has 2 aromatic carbocycles. The summed E-state index contributed by atoms with van der Waals surface area (Å²) in [5.74, 6) is 0.648. The zero-order valence-corrected chi connectivity index (χ0v) is 17.2. The van der Waals surface area contributed by atoms with Crippen LogP contribution in [0.15, 0.2) is 57.8 Å². The van der Waals surface area contributed by atoms with Crippen LogP contribution in [-0.4, -0.2) is 14.5 Å². The highest BCUT2D eigenvalue weighted by atomic mass is 35.5. The molecule has 0 fully saturated rings. The van der Waals surface area contributed by atoms with Crippen molar-refractivity contribution in [1.82, 2.24) is 14.5 Å². The Balaban J connectivity index is 1.90. The number of aryl methyl sites for hydroxylation is 2. The molecule has 2 heterocycles. The second-order valence-electron chi connectivity index (χ2n) is 6.13. The van der Waals surface area contributed by atoms with Gasteiger partial charge in [0.15, 0.2) is 5.16 Å². The van der Waals surface area contributed by atoms with Gasteiger partial charge in [0, 0.05) is 16.2 Å². The van der Waals surface area contributed by atoms with Crippen molar-refractivity contribution in [3.8, 4) is 5.69 Å². The largest absolute Gasteiger partial charge is 0.268 e. The molecule has 0 aliphatic rings. The van der Waals surface area contributed by atoms with Crippen LogP contribution in [0.4, 0.5) is 0 Å². The first-order valence-electron chi connectivity index (χ1n) is 8.35. The second-order valence-corrected chi connectivity index (χ2v) is 8.57. The fourth-order valence-corrected chi connectivity index (χ4v) is 4.66. The Morgan fingerprint density at radius 2 is 1.96 bits per heavy atom. The molecule has 0 bridgehead atoms. The minimum absolute atomic E-state index is 0.0945. The van der Waals surface area contributed by atoms with Crippen molar-refractivity contribution < 1.29 is 0 Å². The van der Waals surface area contributed by atoms with Crippen LogP contribution in [0.5, 0.6) is 0 Å². The van der Waals surface area contributed by atoms with Crippen LogP contribution in [0.2, 0.25) is 5.02 Å². The summed E-state index contributed by atoms with van der Waals surface area (Å²) in [6.45, 7) is 3.98. The van der Waals surface area contributed by atoms with Crippen LogP contribution in [0, 0.1) is 13.8 Å². The lowest BCUT2D eigenvalue weighted by molar-refractivity contribution is 0.814. The van der Waals surface area contributed by atoms with E-state index in [1.807, 2.05) is 43.5 Å². The van der Waals surface area contributed by atoms with Gasteiger partial charge in [-0.2, -0.15) is 0 Å². The van der Waals surface area contributed by atoms with Crippen LogP contribution in [-0.2, 0) is 5.75 Å². The van der Waals surface area contributed by atoms with Crippen molar-refractivity contribution in [1.29, 1.82) is 0 Å². The van der Waals surface area contributed by atoms with E-state index in [0.29, 0.717) is 26.8 Å². The van der Waals surface area contributed by atoms with Crippen molar-refractivity contribution in [2.45, 2.75) is 24.8 Å². The van der Waals surface area contributed by atoms with E-state index in [0.717, 1.165) is 22.0 Å². The second kappa shape index (κ2) is 7.46. The van der Waals surface area contributed by atoms with Gasteiger partial charge in [0.2, 0.25) is 0 Å². The van der Waals surface area contributed by atoms with Crippen molar-refractivity contribution in [2.24, 2.45) is 0 Å². The average molecular weight is 414 g/mol. The standard InChI is InChI=1S/C20H16ClN3OS2/c1-12-5-3-4-6-18(12)24-19(25)16-8-7-14(21)9-17(16)23-20(24)27-11-15-10-26-13(2)22-15/h3-10H,11H2,1-2H3. The van der Waals surface area contributed by atoms with E-state index >= 15 is 0 Å². The van der Waals surface area contributed by atoms with E-state index in [1.54, 1.807) is 34.1 Å². The van der Waals surface area contributed by atoms with Crippen molar-refractivity contribution >= 4 is 45.6 Å². The fourth-order valence-electron chi connectivity index (χ4n) is 2.88. The molecule has 2 aromatic heterocycles. The number of thiazole rings is 1.